The highest BCUT2D eigenvalue weighted by atomic mass is 35.5. The second kappa shape index (κ2) is 19.1. The van der Waals surface area contributed by atoms with E-state index in [-0.39, 0.29) is 23.7 Å². The Bertz CT molecular complexity index is 2810. The lowest BCUT2D eigenvalue weighted by Gasteiger charge is -2.43. The lowest BCUT2D eigenvalue weighted by Crippen LogP contribution is -2.56. The molecule has 3 atom stereocenters. The molecular formula is C54H48Cl2N4O6. The van der Waals surface area contributed by atoms with Gasteiger partial charge in [0, 0.05) is 37.5 Å². The molecule has 0 radical (unpaired) electrons. The summed E-state index contributed by atoms with van der Waals surface area (Å²) in [6.45, 7) is 1.33. The molecule has 334 valence electrons. The number of ether oxygens (including phenoxy) is 2. The standard InChI is InChI=1S/C54H48Cl2N4O6/c1-59-47-27-40-28-48(51(61)58-46(53(63)64)26-34-9-14-37(15-10-34)38-16-11-35(30-57)12-17-38)60(33-54(23-5-6-24-54)42-7-3-2-4-8-42)31-41(40)29-49(47)66-50(52(59)62)39-18-20-43(21-19-39)65-32-36-13-22-44(55)45(56)25-36/h2-4,7-22,25,27,29,46,48,50H,5-6,23-24,26,28,31-33H2,1H3,(H,58,61)(H,63,64)/t46-,48?,50?/m0/s1. The van der Waals surface area contributed by atoms with Crippen LogP contribution in [0.4, 0.5) is 5.69 Å². The number of aliphatic carboxylic acids is 1. The lowest BCUT2D eigenvalue weighted by atomic mass is 9.77. The quantitative estimate of drug-likeness (QED) is 0.117. The van der Waals surface area contributed by atoms with Crippen LogP contribution in [0.1, 0.15) is 70.7 Å². The minimum absolute atomic E-state index is 0.0966. The summed E-state index contributed by atoms with van der Waals surface area (Å²) in [4.78, 5) is 45.3. The minimum atomic E-state index is -1.17. The van der Waals surface area contributed by atoms with E-state index in [1.54, 1.807) is 36.2 Å². The molecule has 9 rings (SSSR count). The van der Waals surface area contributed by atoms with Gasteiger partial charge in [0.15, 0.2) is 0 Å². The minimum Gasteiger partial charge on any atom is -0.489 e. The first-order valence-electron chi connectivity index (χ1n) is 22.2. The van der Waals surface area contributed by atoms with Gasteiger partial charge < -0.3 is 24.8 Å². The molecule has 0 saturated heterocycles. The molecule has 6 aromatic rings. The van der Waals surface area contributed by atoms with Crippen molar-refractivity contribution in [2.75, 3.05) is 18.5 Å². The molecule has 12 heteroatoms. The Balaban J connectivity index is 0.960. The van der Waals surface area contributed by atoms with Crippen molar-refractivity contribution in [3.63, 3.8) is 0 Å². The fraction of sp³-hybridized carbons (Fsp3) is 0.259. The number of amides is 2. The van der Waals surface area contributed by atoms with Crippen molar-refractivity contribution in [2.45, 2.75) is 75.3 Å². The number of nitrogens with one attached hydrogen (secondary N) is 1. The number of carboxylic acids is 1. The summed E-state index contributed by atoms with van der Waals surface area (Å²) in [5.41, 5.74) is 8.31. The predicted molar refractivity (Wildman–Crippen MR) is 255 cm³/mol. The number of hydrogen-bond donors (Lipinski definition) is 2. The van der Waals surface area contributed by atoms with Crippen LogP contribution >= 0.6 is 23.2 Å². The maximum atomic E-state index is 14.6. The molecule has 2 heterocycles. The molecule has 66 heavy (non-hydrogen) atoms. The largest absolute Gasteiger partial charge is 0.489 e. The van der Waals surface area contributed by atoms with Gasteiger partial charge in [-0.05, 0) is 107 Å². The number of likely N-dealkylation sites (N-methyl/N-ethyl adjacent to an activating group) is 1. The predicted octanol–water partition coefficient (Wildman–Crippen LogP) is 10.3. The first-order chi connectivity index (χ1) is 32.0. The zero-order chi connectivity index (χ0) is 46.0. The third kappa shape index (κ3) is 9.38. The molecule has 2 N–H and O–H groups in total. The molecule has 2 amide bonds. The van der Waals surface area contributed by atoms with Gasteiger partial charge in [-0.1, -0.05) is 121 Å². The van der Waals surface area contributed by atoms with Crippen LogP contribution in [0.5, 0.6) is 11.5 Å². The van der Waals surface area contributed by atoms with Crippen molar-refractivity contribution in [1.82, 2.24) is 10.2 Å². The first-order valence-corrected chi connectivity index (χ1v) is 22.9. The molecule has 1 aliphatic carbocycles. The van der Waals surface area contributed by atoms with Gasteiger partial charge in [0.05, 0.1) is 33.4 Å². The maximum Gasteiger partial charge on any atom is 0.326 e. The van der Waals surface area contributed by atoms with Crippen LogP contribution in [-0.2, 0) is 45.8 Å². The van der Waals surface area contributed by atoms with Gasteiger partial charge >= 0.3 is 5.97 Å². The number of carbonyl (C=O) groups excluding carboxylic acids is 2. The topological polar surface area (TPSA) is 132 Å². The van der Waals surface area contributed by atoms with Gasteiger partial charge in [-0.25, -0.2) is 4.79 Å². The van der Waals surface area contributed by atoms with E-state index in [1.165, 1.54) is 5.56 Å². The third-order valence-corrected chi connectivity index (χ3v) is 14.1. The second-order valence-corrected chi connectivity index (χ2v) is 18.4. The van der Waals surface area contributed by atoms with Crippen molar-refractivity contribution in [3.8, 4) is 28.7 Å². The molecule has 1 fully saturated rings. The average Bonchev–Trinajstić information content (AvgIpc) is 3.82. The Morgan fingerprint density at radius 2 is 1.55 bits per heavy atom. The van der Waals surface area contributed by atoms with Crippen LogP contribution in [0.3, 0.4) is 0 Å². The molecule has 1 saturated carbocycles. The monoisotopic (exact) mass is 918 g/mol. The molecule has 2 aliphatic heterocycles. The highest BCUT2D eigenvalue weighted by Crippen LogP contribution is 2.45. The van der Waals surface area contributed by atoms with Gasteiger partial charge in [-0.2, -0.15) is 5.26 Å². The zero-order valence-corrected chi connectivity index (χ0v) is 37.9. The lowest BCUT2D eigenvalue weighted by molar-refractivity contribution is -0.143. The van der Waals surface area contributed by atoms with Crippen LogP contribution in [0.15, 0.2) is 133 Å². The number of halogens is 2. The Morgan fingerprint density at radius 3 is 2.21 bits per heavy atom. The number of carbonyl (C=O) groups is 3. The van der Waals surface area contributed by atoms with Gasteiger partial charge in [-0.3, -0.25) is 14.5 Å². The van der Waals surface area contributed by atoms with E-state index in [1.807, 2.05) is 84.9 Å². The van der Waals surface area contributed by atoms with Gasteiger partial charge in [0.2, 0.25) is 12.0 Å². The molecule has 6 aromatic carbocycles. The fourth-order valence-corrected chi connectivity index (χ4v) is 10.0. The number of nitrogens with zero attached hydrogens (tertiary/aromatic N) is 3. The Kier molecular flexibility index (Phi) is 12.9. The highest BCUT2D eigenvalue weighted by molar-refractivity contribution is 6.42. The molecule has 0 spiro atoms. The first kappa shape index (κ1) is 44.6. The van der Waals surface area contributed by atoms with E-state index in [2.05, 4.69) is 40.6 Å². The molecule has 3 aliphatic rings. The molecule has 0 bridgehead atoms. The van der Waals surface area contributed by atoms with Crippen molar-refractivity contribution in [1.29, 1.82) is 5.26 Å². The van der Waals surface area contributed by atoms with Crippen LogP contribution in [-0.4, -0.2) is 53.5 Å². The van der Waals surface area contributed by atoms with E-state index in [4.69, 9.17) is 32.7 Å². The summed E-state index contributed by atoms with van der Waals surface area (Å²) >= 11 is 12.3. The Labute approximate surface area is 394 Å². The summed E-state index contributed by atoms with van der Waals surface area (Å²) in [6, 6.07) is 42.2. The summed E-state index contributed by atoms with van der Waals surface area (Å²) in [5.74, 6) is -0.525. The zero-order valence-electron chi connectivity index (χ0n) is 36.4. The van der Waals surface area contributed by atoms with Crippen LogP contribution in [0.25, 0.3) is 11.1 Å². The van der Waals surface area contributed by atoms with Crippen molar-refractivity contribution < 1.29 is 29.0 Å². The highest BCUT2D eigenvalue weighted by Gasteiger charge is 2.43. The summed E-state index contributed by atoms with van der Waals surface area (Å²) in [7, 11) is 1.73. The summed E-state index contributed by atoms with van der Waals surface area (Å²) in [6.07, 6.45) is 3.64. The molecule has 0 aromatic heterocycles. The van der Waals surface area contributed by atoms with E-state index in [0.717, 1.165) is 59.1 Å². The van der Waals surface area contributed by atoms with Crippen molar-refractivity contribution >= 4 is 46.7 Å². The number of rotatable bonds is 13. The smallest absolute Gasteiger partial charge is 0.326 e. The van der Waals surface area contributed by atoms with Crippen LogP contribution in [0, 0.1) is 11.3 Å². The number of carboxylic acid groups (broad SMARTS) is 1. The SMILES string of the molecule is CN1C(=O)C(c2ccc(OCc3ccc(Cl)c(Cl)c3)cc2)Oc2cc3c(cc21)CC(C(=O)N[C@@H](Cc1ccc(-c2ccc(C#N)cc2)cc1)C(=O)O)N(CC1(c2ccccc2)CCCC1)C3. The van der Waals surface area contributed by atoms with E-state index in [0.29, 0.717) is 64.5 Å². The van der Waals surface area contributed by atoms with Crippen molar-refractivity contribution in [3.05, 3.63) is 182 Å². The maximum absolute atomic E-state index is 14.6. The number of nitriles is 1. The normalized spacial score (nSPS) is 18.0. The Hall–Kier alpha value is -6.64. The summed E-state index contributed by atoms with van der Waals surface area (Å²) < 4.78 is 12.5. The summed E-state index contributed by atoms with van der Waals surface area (Å²) in [5, 5.41) is 23.5. The molecular weight excluding hydrogens is 872 g/mol. The van der Waals surface area contributed by atoms with Crippen molar-refractivity contribution in [2.24, 2.45) is 0 Å². The van der Waals surface area contributed by atoms with Gasteiger partial charge in [-0.15, -0.1) is 0 Å². The number of fused-ring (bicyclic) bond motifs is 2. The van der Waals surface area contributed by atoms with E-state index >= 15 is 0 Å². The average molecular weight is 920 g/mol. The van der Waals surface area contributed by atoms with E-state index < -0.39 is 24.2 Å². The molecule has 2 unspecified atom stereocenters. The number of anilines is 1. The van der Waals surface area contributed by atoms with Crippen LogP contribution in [0.2, 0.25) is 10.0 Å². The number of hydrogen-bond acceptors (Lipinski definition) is 7. The Morgan fingerprint density at radius 1 is 0.864 bits per heavy atom. The van der Waals surface area contributed by atoms with Gasteiger partial charge in [0.1, 0.15) is 24.1 Å². The second-order valence-electron chi connectivity index (χ2n) is 17.6. The number of benzene rings is 6. The fourth-order valence-electron chi connectivity index (χ4n) is 9.70. The van der Waals surface area contributed by atoms with Gasteiger partial charge in [0.25, 0.3) is 5.91 Å². The van der Waals surface area contributed by atoms with E-state index in [9.17, 15) is 24.8 Å². The van der Waals surface area contributed by atoms with Crippen LogP contribution < -0.4 is 19.7 Å². The third-order valence-electron chi connectivity index (χ3n) is 13.4. The molecule has 10 nitrogen and oxygen atoms in total.